The Morgan fingerprint density at radius 3 is 2.76 bits per heavy atom. The van der Waals surface area contributed by atoms with E-state index >= 15 is 0 Å². The van der Waals surface area contributed by atoms with Crippen LogP contribution in [0.1, 0.15) is 54.2 Å². The molecule has 0 spiro atoms. The first-order valence-electron chi connectivity index (χ1n) is 8.07. The molecule has 1 aromatic heterocycles. The summed E-state index contributed by atoms with van der Waals surface area (Å²) < 4.78 is 2.16. The van der Waals surface area contributed by atoms with E-state index in [0.29, 0.717) is 6.04 Å². The zero-order valence-corrected chi connectivity index (χ0v) is 13.1. The Labute approximate surface area is 127 Å². The second kappa shape index (κ2) is 6.44. The molecular weight excluding hydrogens is 258 g/mol. The van der Waals surface area contributed by atoms with E-state index in [0.717, 1.165) is 13.1 Å². The summed E-state index contributed by atoms with van der Waals surface area (Å²) in [6.07, 6.45) is 5.20. The van der Waals surface area contributed by atoms with Crippen LogP contribution >= 0.6 is 0 Å². The molecule has 1 atom stereocenters. The predicted octanol–water partition coefficient (Wildman–Crippen LogP) is 3.75. The van der Waals surface area contributed by atoms with Gasteiger partial charge in [-0.15, -0.1) is 0 Å². The first kappa shape index (κ1) is 14.3. The standard InChI is InChI=1S/C18H25N3/c1-14-18(17-11-7-4-8-12-19-17)15(2)21(20-14)13-16-9-5-3-6-10-16/h3,5-6,9-10,17,19H,4,7-8,11-13H2,1-2H3/t17-/m1/s1. The molecule has 0 radical (unpaired) electrons. The van der Waals surface area contributed by atoms with Crippen LogP contribution in [0.4, 0.5) is 0 Å². The molecule has 0 amide bonds. The van der Waals surface area contributed by atoms with Crippen molar-refractivity contribution in [3.8, 4) is 0 Å². The van der Waals surface area contributed by atoms with Crippen LogP contribution in [-0.2, 0) is 6.54 Å². The van der Waals surface area contributed by atoms with E-state index < -0.39 is 0 Å². The Morgan fingerprint density at radius 1 is 1.14 bits per heavy atom. The van der Waals surface area contributed by atoms with Crippen LogP contribution < -0.4 is 5.32 Å². The molecule has 1 fully saturated rings. The predicted molar refractivity (Wildman–Crippen MR) is 86.5 cm³/mol. The van der Waals surface area contributed by atoms with Crippen molar-refractivity contribution in [3.05, 3.63) is 52.8 Å². The molecule has 0 saturated carbocycles. The lowest BCUT2D eigenvalue weighted by molar-refractivity contribution is 0.528. The molecule has 3 nitrogen and oxygen atoms in total. The van der Waals surface area contributed by atoms with Crippen LogP contribution in [0.15, 0.2) is 30.3 Å². The van der Waals surface area contributed by atoms with E-state index in [4.69, 9.17) is 5.10 Å². The lowest BCUT2D eigenvalue weighted by atomic mass is 10.0. The van der Waals surface area contributed by atoms with Crippen LogP contribution in [0.5, 0.6) is 0 Å². The third kappa shape index (κ3) is 3.18. The van der Waals surface area contributed by atoms with E-state index in [1.54, 1.807) is 0 Å². The monoisotopic (exact) mass is 283 g/mol. The summed E-state index contributed by atoms with van der Waals surface area (Å²) in [5, 5.41) is 8.49. The summed E-state index contributed by atoms with van der Waals surface area (Å²) in [5.41, 5.74) is 5.23. The third-order valence-electron chi connectivity index (χ3n) is 4.52. The Hall–Kier alpha value is -1.61. The number of hydrogen-bond donors (Lipinski definition) is 1. The summed E-state index contributed by atoms with van der Waals surface area (Å²) in [6, 6.07) is 11.1. The van der Waals surface area contributed by atoms with Crippen molar-refractivity contribution in [1.82, 2.24) is 15.1 Å². The van der Waals surface area contributed by atoms with Crippen molar-refractivity contribution in [2.24, 2.45) is 0 Å². The number of aryl methyl sites for hydroxylation is 1. The maximum Gasteiger partial charge on any atom is 0.0662 e. The summed E-state index contributed by atoms with van der Waals surface area (Å²) in [5.74, 6) is 0. The minimum Gasteiger partial charge on any atom is -0.310 e. The Balaban J connectivity index is 1.85. The minimum absolute atomic E-state index is 0.483. The van der Waals surface area contributed by atoms with Gasteiger partial charge >= 0.3 is 0 Å². The van der Waals surface area contributed by atoms with Gasteiger partial charge in [-0.2, -0.15) is 5.10 Å². The number of hydrogen-bond acceptors (Lipinski definition) is 2. The fraction of sp³-hybridized carbons (Fsp3) is 0.500. The highest BCUT2D eigenvalue weighted by molar-refractivity contribution is 5.29. The van der Waals surface area contributed by atoms with Crippen molar-refractivity contribution >= 4 is 0 Å². The lowest BCUT2D eigenvalue weighted by Crippen LogP contribution is -2.21. The Bertz CT molecular complexity index is 578. The van der Waals surface area contributed by atoms with Crippen LogP contribution in [0.25, 0.3) is 0 Å². The summed E-state index contributed by atoms with van der Waals surface area (Å²) in [4.78, 5) is 0. The lowest BCUT2D eigenvalue weighted by Gasteiger charge is -2.16. The van der Waals surface area contributed by atoms with Crippen molar-refractivity contribution in [1.29, 1.82) is 0 Å². The highest BCUT2D eigenvalue weighted by Gasteiger charge is 2.21. The van der Waals surface area contributed by atoms with Gasteiger partial charge in [-0.1, -0.05) is 43.2 Å². The number of rotatable bonds is 3. The number of aromatic nitrogens is 2. The molecule has 3 rings (SSSR count). The maximum atomic E-state index is 4.79. The summed E-state index contributed by atoms with van der Waals surface area (Å²) >= 11 is 0. The molecule has 0 unspecified atom stereocenters. The molecule has 1 aliphatic heterocycles. The van der Waals surface area contributed by atoms with Gasteiger partial charge in [0.05, 0.1) is 12.2 Å². The number of nitrogens with one attached hydrogen (secondary N) is 1. The Kier molecular flexibility index (Phi) is 4.39. The van der Waals surface area contributed by atoms with Gasteiger partial charge in [0.1, 0.15) is 0 Å². The van der Waals surface area contributed by atoms with E-state index in [2.05, 4.69) is 54.2 Å². The minimum atomic E-state index is 0.483. The third-order valence-corrected chi connectivity index (χ3v) is 4.52. The molecule has 1 N–H and O–H groups in total. The van der Waals surface area contributed by atoms with Gasteiger partial charge in [0.15, 0.2) is 0 Å². The van der Waals surface area contributed by atoms with E-state index in [1.807, 2.05) is 0 Å². The van der Waals surface area contributed by atoms with Crippen molar-refractivity contribution in [2.45, 2.75) is 52.1 Å². The zero-order valence-electron chi connectivity index (χ0n) is 13.1. The molecular formula is C18H25N3. The van der Waals surface area contributed by atoms with Gasteiger partial charge in [-0.3, -0.25) is 4.68 Å². The second-order valence-corrected chi connectivity index (χ2v) is 6.08. The molecule has 21 heavy (non-hydrogen) atoms. The van der Waals surface area contributed by atoms with Crippen LogP contribution in [-0.4, -0.2) is 16.3 Å². The first-order chi connectivity index (χ1) is 10.3. The van der Waals surface area contributed by atoms with Crippen molar-refractivity contribution in [3.63, 3.8) is 0 Å². The molecule has 2 heterocycles. The van der Waals surface area contributed by atoms with E-state index in [1.165, 1.54) is 48.2 Å². The fourth-order valence-electron chi connectivity index (χ4n) is 3.40. The van der Waals surface area contributed by atoms with E-state index in [-0.39, 0.29) is 0 Å². The van der Waals surface area contributed by atoms with Gasteiger partial charge < -0.3 is 5.32 Å². The van der Waals surface area contributed by atoms with E-state index in [9.17, 15) is 0 Å². The van der Waals surface area contributed by atoms with Crippen LogP contribution in [0, 0.1) is 13.8 Å². The average molecular weight is 283 g/mol. The van der Waals surface area contributed by atoms with Gasteiger partial charge in [-0.25, -0.2) is 0 Å². The van der Waals surface area contributed by atoms with Gasteiger partial charge in [0.25, 0.3) is 0 Å². The molecule has 3 heteroatoms. The molecule has 0 aliphatic carbocycles. The number of nitrogens with zero attached hydrogens (tertiary/aromatic N) is 2. The molecule has 0 bridgehead atoms. The number of benzene rings is 1. The zero-order chi connectivity index (χ0) is 14.7. The molecule has 2 aromatic rings. The van der Waals surface area contributed by atoms with Crippen LogP contribution in [0.3, 0.4) is 0 Å². The SMILES string of the molecule is Cc1nn(Cc2ccccc2)c(C)c1[C@H]1CCCCCN1. The van der Waals surface area contributed by atoms with Gasteiger partial charge in [0.2, 0.25) is 0 Å². The average Bonchev–Trinajstić information content (AvgIpc) is 2.70. The maximum absolute atomic E-state index is 4.79. The second-order valence-electron chi connectivity index (χ2n) is 6.08. The summed E-state index contributed by atoms with van der Waals surface area (Å²) in [7, 11) is 0. The highest BCUT2D eigenvalue weighted by atomic mass is 15.3. The smallest absolute Gasteiger partial charge is 0.0662 e. The highest BCUT2D eigenvalue weighted by Crippen LogP contribution is 2.28. The van der Waals surface area contributed by atoms with Gasteiger partial charge in [0, 0.05) is 17.3 Å². The molecule has 1 saturated heterocycles. The fourth-order valence-corrected chi connectivity index (χ4v) is 3.40. The molecule has 112 valence electrons. The normalized spacial score (nSPS) is 19.4. The first-order valence-corrected chi connectivity index (χ1v) is 8.07. The molecule has 1 aliphatic rings. The quantitative estimate of drug-likeness (QED) is 0.929. The van der Waals surface area contributed by atoms with Crippen molar-refractivity contribution < 1.29 is 0 Å². The van der Waals surface area contributed by atoms with Crippen LogP contribution in [0.2, 0.25) is 0 Å². The largest absolute Gasteiger partial charge is 0.310 e. The van der Waals surface area contributed by atoms with Crippen molar-refractivity contribution in [2.75, 3.05) is 6.54 Å². The summed E-state index contributed by atoms with van der Waals surface area (Å²) in [6.45, 7) is 6.36. The van der Waals surface area contributed by atoms with Gasteiger partial charge in [-0.05, 0) is 38.8 Å². The Morgan fingerprint density at radius 2 is 1.95 bits per heavy atom. The topological polar surface area (TPSA) is 29.9 Å². The molecule has 1 aromatic carbocycles.